The Balaban J connectivity index is 1.85. The summed E-state index contributed by atoms with van der Waals surface area (Å²) in [4.78, 5) is 12.7. The predicted molar refractivity (Wildman–Crippen MR) is 110 cm³/mol. The van der Waals surface area contributed by atoms with Crippen molar-refractivity contribution in [3.63, 3.8) is 0 Å². The van der Waals surface area contributed by atoms with Crippen LogP contribution >= 0.6 is 12.2 Å². The first-order valence-electron chi connectivity index (χ1n) is 8.67. The van der Waals surface area contributed by atoms with Crippen LogP contribution in [-0.4, -0.2) is 34.9 Å². The molecule has 0 bridgehead atoms. The molecule has 146 valence electrons. The Hall–Kier alpha value is -3.13. The summed E-state index contributed by atoms with van der Waals surface area (Å²) in [5.74, 6) is 1.55. The molecule has 0 atom stereocenters. The van der Waals surface area contributed by atoms with Gasteiger partial charge in [0.05, 0.1) is 14.2 Å². The minimum absolute atomic E-state index is 0.0341. The molecule has 0 aliphatic carbocycles. The Morgan fingerprint density at radius 1 is 1.18 bits per heavy atom. The summed E-state index contributed by atoms with van der Waals surface area (Å²) < 4.78 is 12.7. The molecule has 2 aromatic carbocycles. The molecule has 0 spiro atoms. The van der Waals surface area contributed by atoms with Gasteiger partial charge < -0.3 is 14.8 Å². The van der Waals surface area contributed by atoms with E-state index < -0.39 is 0 Å². The third-order valence-corrected chi connectivity index (χ3v) is 4.65. The van der Waals surface area contributed by atoms with Gasteiger partial charge in [-0.2, -0.15) is 5.10 Å². The van der Waals surface area contributed by atoms with E-state index in [1.807, 2.05) is 44.2 Å². The maximum absolute atomic E-state index is 12.7. The fourth-order valence-corrected chi connectivity index (χ4v) is 3.11. The Morgan fingerprint density at radius 3 is 2.57 bits per heavy atom. The molecule has 0 unspecified atom stereocenters. The van der Waals surface area contributed by atoms with Crippen molar-refractivity contribution in [3.05, 3.63) is 52.3 Å². The first kappa shape index (κ1) is 19.6. The van der Waals surface area contributed by atoms with Crippen molar-refractivity contribution in [2.24, 2.45) is 0 Å². The molecule has 0 saturated heterocycles. The molecule has 3 rings (SSSR count). The number of carbonyl (C=O) groups is 1. The van der Waals surface area contributed by atoms with Gasteiger partial charge in [-0.3, -0.25) is 14.5 Å². The number of aromatic amines is 1. The number of aryl methyl sites for hydroxylation is 2. The molecule has 0 saturated carbocycles. The van der Waals surface area contributed by atoms with E-state index in [1.54, 1.807) is 24.9 Å². The summed E-state index contributed by atoms with van der Waals surface area (Å²) in [5.41, 5.74) is 3.50. The van der Waals surface area contributed by atoms with E-state index in [4.69, 9.17) is 21.7 Å². The number of H-pyrrole nitrogens is 1. The van der Waals surface area contributed by atoms with Crippen LogP contribution in [0.25, 0.3) is 11.4 Å². The first-order valence-corrected chi connectivity index (χ1v) is 9.08. The number of rotatable bonds is 6. The van der Waals surface area contributed by atoms with Crippen molar-refractivity contribution in [2.45, 2.75) is 20.4 Å². The molecule has 8 heteroatoms. The normalized spacial score (nSPS) is 10.6. The van der Waals surface area contributed by atoms with Gasteiger partial charge in [0, 0.05) is 17.3 Å². The van der Waals surface area contributed by atoms with Gasteiger partial charge in [-0.15, -0.1) is 0 Å². The third kappa shape index (κ3) is 4.07. The largest absolute Gasteiger partial charge is 0.493 e. The SMILES string of the molecule is COc1cc(C)c(NC(=O)Cn2c(-c3cccc(C)c3)n[nH]c2=S)cc1OC. The second kappa shape index (κ2) is 8.26. The van der Waals surface area contributed by atoms with Crippen LogP contribution in [0.1, 0.15) is 11.1 Å². The fourth-order valence-electron chi connectivity index (χ4n) is 2.92. The van der Waals surface area contributed by atoms with Crippen LogP contribution in [0.15, 0.2) is 36.4 Å². The zero-order chi connectivity index (χ0) is 20.3. The minimum atomic E-state index is -0.221. The molecule has 7 nitrogen and oxygen atoms in total. The molecule has 1 aromatic heterocycles. The average Bonchev–Trinajstić information content (AvgIpc) is 3.03. The standard InChI is InChI=1S/C20H22N4O3S/c1-12-6-5-7-14(8-12)19-22-23-20(28)24(19)11-18(25)21-15-10-17(27-4)16(26-3)9-13(15)2/h5-10H,11H2,1-4H3,(H,21,25)(H,23,28). The molecule has 1 heterocycles. The highest BCUT2D eigenvalue weighted by Crippen LogP contribution is 2.33. The number of anilines is 1. The maximum atomic E-state index is 12.7. The molecule has 28 heavy (non-hydrogen) atoms. The number of aromatic nitrogens is 3. The van der Waals surface area contributed by atoms with Crippen molar-refractivity contribution in [2.75, 3.05) is 19.5 Å². The van der Waals surface area contributed by atoms with Crippen LogP contribution in [-0.2, 0) is 11.3 Å². The summed E-state index contributed by atoms with van der Waals surface area (Å²) in [5, 5.41) is 9.96. The highest BCUT2D eigenvalue weighted by atomic mass is 32.1. The minimum Gasteiger partial charge on any atom is -0.493 e. The molecule has 2 N–H and O–H groups in total. The van der Waals surface area contributed by atoms with Crippen molar-refractivity contribution < 1.29 is 14.3 Å². The topological polar surface area (TPSA) is 81.2 Å². The van der Waals surface area contributed by atoms with Gasteiger partial charge in [0.2, 0.25) is 5.91 Å². The molecule has 0 fully saturated rings. The lowest BCUT2D eigenvalue weighted by molar-refractivity contribution is -0.116. The van der Waals surface area contributed by atoms with Crippen LogP contribution in [0.2, 0.25) is 0 Å². The van der Waals surface area contributed by atoms with Gasteiger partial charge in [-0.25, -0.2) is 0 Å². The zero-order valence-electron chi connectivity index (χ0n) is 16.2. The fraction of sp³-hybridized carbons (Fsp3) is 0.250. The van der Waals surface area contributed by atoms with E-state index in [1.165, 1.54) is 0 Å². The number of hydrogen-bond donors (Lipinski definition) is 2. The third-order valence-electron chi connectivity index (χ3n) is 4.34. The van der Waals surface area contributed by atoms with Crippen LogP contribution in [0, 0.1) is 18.6 Å². The summed E-state index contributed by atoms with van der Waals surface area (Å²) in [7, 11) is 3.13. The van der Waals surface area contributed by atoms with Gasteiger partial charge in [-0.05, 0) is 43.8 Å². The summed E-state index contributed by atoms with van der Waals surface area (Å²) in [6, 6.07) is 11.4. The lowest BCUT2D eigenvalue weighted by atomic mass is 10.1. The van der Waals surface area contributed by atoms with Crippen LogP contribution in [0.3, 0.4) is 0 Å². The van der Waals surface area contributed by atoms with Gasteiger partial charge in [0.15, 0.2) is 22.1 Å². The quantitative estimate of drug-likeness (QED) is 0.616. The number of benzene rings is 2. The number of ether oxygens (including phenoxy) is 2. The van der Waals surface area contributed by atoms with E-state index in [9.17, 15) is 4.79 Å². The highest BCUT2D eigenvalue weighted by Gasteiger charge is 2.15. The number of nitrogens with one attached hydrogen (secondary N) is 2. The van der Waals surface area contributed by atoms with Gasteiger partial charge in [0.25, 0.3) is 0 Å². The summed E-state index contributed by atoms with van der Waals surface area (Å²) in [6.07, 6.45) is 0. The zero-order valence-corrected chi connectivity index (χ0v) is 17.0. The maximum Gasteiger partial charge on any atom is 0.244 e. The monoisotopic (exact) mass is 398 g/mol. The number of carbonyl (C=O) groups excluding carboxylic acids is 1. The van der Waals surface area contributed by atoms with Gasteiger partial charge >= 0.3 is 0 Å². The Labute approximate surface area is 168 Å². The van der Waals surface area contributed by atoms with Crippen molar-refractivity contribution in [1.82, 2.24) is 14.8 Å². The predicted octanol–water partition coefficient (Wildman–Crippen LogP) is 3.88. The van der Waals surface area contributed by atoms with Crippen molar-refractivity contribution in [3.8, 4) is 22.9 Å². The van der Waals surface area contributed by atoms with Crippen LogP contribution in [0.5, 0.6) is 11.5 Å². The Morgan fingerprint density at radius 2 is 1.89 bits per heavy atom. The summed E-state index contributed by atoms with van der Waals surface area (Å²) in [6.45, 7) is 3.92. The number of nitrogens with zero attached hydrogens (tertiary/aromatic N) is 2. The smallest absolute Gasteiger partial charge is 0.244 e. The Kier molecular flexibility index (Phi) is 5.79. The van der Waals surface area contributed by atoms with Gasteiger partial charge in [0.1, 0.15) is 6.54 Å². The Bertz CT molecular complexity index is 1070. The molecular weight excluding hydrogens is 376 g/mol. The number of methoxy groups -OCH3 is 2. The van der Waals surface area contributed by atoms with Crippen LogP contribution in [0.4, 0.5) is 5.69 Å². The van der Waals surface area contributed by atoms with E-state index in [-0.39, 0.29) is 12.5 Å². The lowest BCUT2D eigenvalue weighted by Crippen LogP contribution is -2.20. The summed E-state index contributed by atoms with van der Waals surface area (Å²) >= 11 is 5.32. The van der Waals surface area contributed by atoms with Crippen LogP contribution < -0.4 is 14.8 Å². The molecule has 1 amide bonds. The average molecular weight is 398 g/mol. The number of hydrogen-bond acceptors (Lipinski definition) is 5. The molecule has 0 radical (unpaired) electrons. The van der Waals surface area contributed by atoms with E-state index in [2.05, 4.69) is 15.5 Å². The second-order valence-corrected chi connectivity index (χ2v) is 6.76. The number of amides is 1. The van der Waals surface area contributed by atoms with Gasteiger partial charge in [-0.1, -0.05) is 23.8 Å². The molecule has 3 aromatic rings. The second-order valence-electron chi connectivity index (χ2n) is 6.38. The molecular formula is C20H22N4O3S. The van der Waals surface area contributed by atoms with Crippen molar-refractivity contribution in [1.29, 1.82) is 0 Å². The van der Waals surface area contributed by atoms with E-state index >= 15 is 0 Å². The molecule has 0 aliphatic heterocycles. The highest BCUT2D eigenvalue weighted by molar-refractivity contribution is 7.71. The molecule has 0 aliphatic rings. The van der Waals surface area contributed by atoms with E-state index in [0.717, 1.165) is 16.7 Å². The van der Waals surface area contributed by atoms with Crippen molar-refractivity contribution >= 4 is 23.8 Å². The van der Waals surface area contributed by atoms with E-state index in [0.29, 0.717) is 27.8 Å². The lowest BCUT2D eigenvalue weighted by Gasteiger charge is -2.14. The first-order chi connectivity index (χ1) is 13.4.